The fourth-order valence-corrected chi connectivity index (χ4v) is 4.08. The quantitative estimate of drug-likeness (QED) is 0.490. The van der Waals surface area contributed by atoms with Crippen molar-refractivity contribution in [2.45, 2.75) is 74.1 Å². The molecular formula is C25H40N2O4. The van der Waals surface area contributed by atoms with E-state index in [-0.39, 0.29) is 35.7 Å². The van der Waals surface area contributed by atoms with Crippen molar-refractivity contribution >= 4 is 23.4 Å². The number of rotatable bonds is 10. The highest BCUT2D eigenvalue weighted by atomic mass is 16.2. The Morgan fingerprint density at radius 2 is 1.39 bits per heavy atom. The van der Waals surface area contributed by atoms with Gasteiger partial charge in [-0.25, -0.2) is 0 Å². The van der Waals surface area contributed by atoms with Crippen LogP contribution in [0.3, 0.4) is 0 Å². The Labute approximate surface area is 187 Å². The lowest BCUT2D eigenvalue weighted by Gasteiger charge is -2.32. The molecule has 0 aromatic carbocycles. The summed E-state index contributed by atoms with van der Waals surface area (Å²) < 4.78 is 0. The maximum atomic E-state index is 13.1. The second-order valence-electron chi connectivity index (χ2n) is 9.45. The molecule has 174 valence electrons. The Kier molecular flexibility index (Phi) is 9.40. The molecule has 1 aliphatic rings. The van der Waals surface area contributed by atoms with Gasteiger partial charge in [0.15, 0.2) is 11.6 Å². The fraction of sp³-hybridized carbons (Fsp3) is 0.680. The minimum Gasteiger partial charge on any atom is -0.344 e. The first-order chi connectivity index (χ1) is 14.3. The molecule has 0 spiro atoms. The van der Waals surface area contributed by atoms with Crippen LogP contribution in [0.15, 0.2) is 22.3 Å². The van der Waals surface area contributed by atoms with Crippen LogP contribution in [-0.4, -0.2) is 60.4 Å². The Hall–Kier alpha value is -2.24. The molecule has 6 nitrogen and oxygen atoms in total. The van der Waals surface area contributed by atoms with Crippen molar-refractivity contribution in [1.82, 2.24) is 9.80 Å². The van der Waals surface area contributed by atoms with Gasteiger partial charge < -0.3 is 9.80 Å². The van der Waals surface area contributed by atoms with Gasteiger partial charge >= 0.3 is 0 Å². The van der Waals surface area contributed by atoms with E-state index in [1.807, 2.05) is 6.92 Å². The molecule has 0 heterocycles. The Bertz CT molecular complexity index is 804. The maximum Gasteiger partial charge on any atom is 0.228 e. The summed E-state index contributed by atoms with van der Waals surface area (Å²) in [6, 6.07) is 0. The van der Waals surface area contributed by atoms with Crippen LogP contribution in [0, 0.1) is 11.3 Å². The van der Waals surface area contributed by atoms with Gasteiger partial charge in [-0.1, -0.05) is 34.1 Å². The molecule has 31 heavy (non-hydrogen) atoms. The van der Waals surface area contributed by atoms with Crippen LogP contribution in [0.2, 0.25) is 0 Å². The molecule has 0 N–H and O–H groups in total. The molecule has 1 aliphatic carbocycles. The molecule has 2 amide bonds. The van der Waals surface area contributed by atoms with Crippen molar-refractivity contribution in [1.29, 1.82) is 0 Å². The number of ketones is 2. The SMILES string of the molecule is CCCC(CC)C(=O)N(C)CCN(C)C(=O)C(C)(C)CC1=C(C)C(=O)C(C)=C(C)C1=O. The normalized spacial score (nSPS) is 16.0. The highest BCUT2D eigenvalue weighted by Gasteiger charge is 2.37. The zero-order chi connectivity index (χ0) is 24.1. The molecule has 1 unspecified atom stereocenters. The largest absolute Gasteiger partial charge is 0.344 e. The van der Waals surface area contributed by atoms with E-state index in [9.17, 15) is 19.2 Å². The van der Waals surface area contributed by atoms with Gasteiger partial charge in [0, 0.05) is 60.8 Å². The number of carbonyl (C=O) groups excluding carboxylic acids is 4. The zero-order valence-electron chi connectivity index (χ0n) is 20.8. The van der Waals surface area contributed by atoms with Crippen LogP contribution < -0.4 is 0 Å². The lowest BCUT2D eigenvalue weighted by molar-refractivity contribution is -0.141. The summed E-state index contributed by atoms with van der Waals surface area (Å²) in [5.41, 5.74) is 0.957. The number of amides is 2. The van der Waals surface area contributed by atoms with Crippen molar-refractivity contribution in [3.63, 3.8) is 0 Å². The number of nitrogens with zero attached hydrogens (tertiary/aromatic N) is 2. The molecule has 6 heteroatoms. The summed E-state index contributed by atoms with van der Waals surface area (Å²) in [7, 11) is 3.50. The molecule has 0 aliphatic heterocycles. The van der Waals surface area contributed by atoms with Gasteiger partial charge in [0.2, 0.25) is 11.8 Å². The second kappa shape index (κ2) is 10.9. The molecular weight excluding hydrogens is 392 g/mol. The topological polar surface area (TPSA) is 74.8 Å². The Balaban J connectivity index is 2.84. The van der Waals surface area contributed by atoms with Crippen LogP contribution in [0.1, 0.15) is 74.1 Å². The predicted molar refractivity (Wildman–Crippen MR) is 123 cm³/mol. The maximum absolute atomic E-state index is 13.1. The summed E-state index contributed by atoms with van der Waals surface area (Å²) >= 11 is 0. The zero-order valence-corrected chi connectivity index (χ0v) is 20.8. The molecule has 1 rings (SSSR count). The predicted octanol–water partition coefficient (Wildman–Crippen LogP) is 3.95. The number of Topliss-reactive ketones (excluding diaryl/α,β-unsaturated/α-hetero) is 2. The molecule has 0 bridgehead atoms. The third kappa shape index (κ3) is 6.14. The standard InChI is InChI=1S/C25H40N2O4/c1-10-12-19(11-2)23(30)26(8)13-14-27(9)24(31)25(6,7)15-20-18(5)21(28)16(3)17(4)22(20)29/h19H,10-15H2,1-9H3. The number of likely N-dealkylation sites (N-methyl/N-ethyl adjacent to an activating group) is 2. The Morgan fingerprint density at radius 3 is 1.90 bits per heavy atom. The van der Waals surface area contributed by atoms with Gasteiger partial charge in [-0.15, -0.1) is 0 Å². The first-order valence-corrected chi connectivity index (χ1v) is 11.3. The van der Waals surface area contributed by atoms with Gasteiger partial charge in [0.25, 0.3) is 0 Å². The molecule has 0 saturated carbocycles. The van der Waals surface area contributed by atoms with Crippen molar-refractivity contribution in [2.75, 3.05) is 27.2 Å². The summed E-state index contributed by atoms with van der Waals surface area (Å²) in [5, 5.41) is 0. The lowest BCUT2D eigenvalue weighted by Crippen LogP contribution is -2.44. The van der Waals surface area contributed by atoms with E-state index in [1.54, 1.807) is 58.5 Å². The fourth-order valence-electron chi connectivity index (χ4n) is 4.08. The van der Waals surface area contributed by atoms with Gasteiger partial charge in [0.1, 0.15) is 0 Å². The average Bonchev–Trinajstić information content (AvgIpc) is 2.74. The average molecular weight is 433 g/mol. The number of hydrogen-bond acceptors (Lipinski definition) is 4. The van der Waals surface area contributed by atoms with E-state index in [1.165, 1.54) is 0 Å². The minimum atomic E-state index is -0.844. The van der Waals surface area contributed by atoms with Gasteiger partial charge in [0.05, 0.1) is 0 Å². The van der Waals surface area contributed by atoms with E-state index in [0.29, 0.717) is 35.4 Å². The van der Waals surface area contributed by atoms with E-state index >= 15 is 0 Å². The van der Waals surface area contributed by atoms with E-state index in [2.05, 4.69) is 6.92 Å². The summed E-state index contributed by atoms with van der Waals surface area (Å²) in [6.07, 6.45) is 2.86. The van der Waals surface area contributed by atoms with Crippen LogP contribution >= 0.6 is 0 Å². The van der Waals surface area contributed by atoms with Gasteiger partial charge in [-0.2, -0.15) is 0 Å². The van der Waals surface area contributed by atoms with Gasteiger partial charge in [-0.05, 0) is 40.0 Å². The molecule has 0 aromatic rings. The molecule has 0 fully saturated rings. The van der Waals surface area contributed by atoms with Crippen molar-refractivity contribution < 1.29 is 19.2 Å². The first-order valence-electron chi connectivity index (χ1n) is 11.3. The van der Waals surface area contributed by atoms with E-state index in [4.69, 9.17) is 0 Å². The lowest BCUT2D eigenvalue weighted by atomic mass is 9.76. The Morgan fingerprint density at radius 1 is 0.871 bits per heavy atom. The van der Waals surface area contributed by atoms with Crippen LogP contribution in [-0.2, 0) is 19.2 Å². The van der Waals surface area contributed by atoms with E-state index in [0.717, 1.165) is 19.3 Å². The first kappa shape index (κ1) is 26.8. The number of allylic oxidation sites excluding steroid dienone is 4. The van der Waals surface area contributed by atoms with Crippen LogP contribution in [0.25, 0.3) is 0 Å². The van der Waals surface area contributed by atoms with Crippen molar-refractivity contribution in [3.05, 3.63) is 22.3 Å². The third-order valence-electron chi connectivity index (χ3n) is 6.48. The van der Waals surface area contributed by atoms with Crippen LogP contribution in [0.5, 0.6) is 0 Å². The van der Waals surface area contributed by atoms with E-state index < -0.39 is 5.41 Å². The number of hydrogen-bond donors (Lipinski definition) is 0. The number of carbonyl (C=O) groups is 4. The highest BCUT2D eigenvalue weighted by molar-refractivity contribution is 6.24. The van der Waals surface area contributed by atoms with Crippen molar-refractivity contribution in [3.8, 4) is 0 Å². The molecule has 0 saturated heterocycles. The smallest absolute Gasteiger partial charge is 0.228 e. The van der Waals surface area contributed by atoms with Crippen LogP contribution in [0.4, 0.5) is 0 Å². The minimum absolute atomic E-state index is 0.0250. The summed E-state index contributed by atoms with van der Waals surface area (Å²) in [6.45, 7) is 13.6. The molecule has 1 atom stereocenters. The summed E-state index contributed by atoms with van der Waals surface area (Å²) in [4.78, 5) is 54.3. The summed E-state index contributed by atoms with van der Waals surface area (Å²) in [5.74, 6) is -0.240. The van der Waals surface area contributed by atoms with Gasteiger partial charge in [-0.3, -0.25) is 19.2 Å². The monoisotopic (exact) mass is 432 g/mol. The third-order valence-corrected chi connectivity index (χ3v) is 6.48. The second-order valence-corrected chi connectivity index (χ2v) is 9.45. The molecule has 0 aromatic heterocycles. The van der Waals surface area contributed by atoms with Crippen molar-refractivity contribution in [2.24, 2.45) is 11.3 Å². The highest BCUT2D eigenvalue weighted by Crippen LogP contribution is 2.34. The molecule has 0 radical (unpaired) electrons.